The second-order valence-electron chi connectivity index (χ2n) is 3.36. The molecule has 0 aliphatic carbocycles. The number of rotatable bonds is 3. The molecule has 0 unspecified atom stereocenters. The van der Waals surface area contributed by atoms with Crippen molar-refractivity contribution in [2.45, 2.75) is 6.18 Å². The molecule has 3 amide bonds. The van der Waals surface area contributed by atoms with Crippen molar-refractivity contribution in [2.24, 2.45) is 5.73 Å². The minimum atomic E-state index is -4.47. The van der Waals surface area contributed by atoms with Crippen molar-refractivity contribution in [3.8, 4) is 0 Å². The summed E-state index contributed by atoms with van der Waals surface area (Å²) in [5.41, 5.74) is 5.48. The average molecular weight is 261 g/mol. The first-order valence-corrected chi connectivity index (χ1v) is 4.79. The van der Waals surface area contributed by atoms with E-state index in [4.69, 9.17) is 5.73 Å². The zero-order valence-corrected chi connectivity index (χ0v) is 9.04. The van der Waals surface area contributed by atoms with Gasteiger partial charge in [-0.05, 0) is 24.3 Å². The molecule has 1 rings (SSSR count). The van der Waals surface area contributed by atoms with Crippen LogP contribution in [0.5, 0.6) is 0 Å². The lowest BCUT2D eigenvalue weighted by Crippen LogP contribution is -2.36. The number of carbonyl (C=O) groups is 2. The van der Waals surface area contributed by atoms with E-state index in [-0.39, 0.29) is 11.3 Å². The number of alkyl halides is 3. The number of nitrogens with one attached hydrogen (secondary N) is 2. The first-order valence-electron chi connectivity index (χ1n) is 4.79. The number of anilines is 1. The Morgan fingerprint density at radius 1 is 1.17 bits per heavy atom. The number of benzene rings is 1. The summed E-state index contributed by atoms with van der Waals surface area (Å²) in [5.74, 6) is -0.636. The second kappa shape index (κ2) is 5.39. The Kier molecular flexibility index (Phi) is 4.13. The van der Waals surface area contributed by atoms with Crippen LogP contribution in [0.4, 0.5) is 23.7 Å². The van der Waals surface area contributed by atoms with Crippen LogP contribution in [0.25, 0.3) is 0 Å². The van der Waals surface area contributed by atoms with Gasteiger partial charge in [-0.15, -0.1) is 0 Å². The number of hydrogen-bond acceptors (Lipinski definition) is 2. The summed E-state index contributed by atoms with van der Waals surface area (Å²) >= 11 is 0. The lowest BCUT2D eigenvalue weighted by atomic mass is 10.2. The molecule has 0 saturated heterocycles. The maximum atomic E-state index is 11.8. The van der Waals surface area contributed by atoms with Gasteiger partial charge in [-0.1, -0.05) is 0 Å². The first kappa shape index (κ1) is 13.8. The monoisotopic (exact) mass is 261 g/mol. The van der Waals surface area contributed by atoms with Crippen molar-refractivity contribution >= 4 is 17.6 Å². The molecule has 4 N–H and O–H groups in total. The van der Waals surface area contributed by atoms with Crippen LogP contribution in [0, 0.1) is 0 Å². The number of carbonyl (C=O) groups excluding carboxylic acids is 2. The summed E-state index contributed by atoms with van der Waals surface area (Å²) in [6.07, 6.45) is -4.47. The van der Waals surface area contributed by atoms with Gasteiger partial charge in [0.15, 0.2) is 0 Å². The van der Waals surface area contributed by atoms with E-state index < -0.39 is 24.7 Å². The third kappa shape index (κ3) is 4.73. The van der Waals surface area contributed by atoms with E-state index >= 15 is 0 Å². The average Bonchev–Trinajstić information content (AvgIpc) is 2.26. The molecule has 0 saturated carbocycles. The van der Waals surface area contributed by atoms with Gasteiger partial charge >= 0.3 is 12.2 Å². The van der Waals surface area contributed by atoms with Crippen LogP contribution in [0.2, 0.25) is 0 Å². The van der Waals surface area contributed by atoms with Crippen molar-refractivity contribution in [1.82, 2.24) is 5.32 Å². The van der Waals surface area contributed by atoms with Gasteiger partial charge in [0.1, 0.15) is 6.54 Å². The molecule has 18 heavy (non-hydrogen) atoms. The highest BCUT2D eigenvalue weighted by atomic mass is 19.4. The molecule has 0 heterocycles. The van der Waals surface area contributed by atoms with E-state index in [9.17, 15) is 22.8 Å². The van der Waals surface area contributed by atoms with E-state index in [0.717, 1.165) is 0 Å². The fourth-order valence-electron chi connectivity index (χ4n) is 1.07. The molecule has 0 aliphatic heterocycles. The predicted octanol–water partition coefficient (Wildman–Crippen LogP) is 1.47. The number of nitrogens with two attached hydrogens (primary N) is 1. The fourth-order valence-corrected chi connectivity index (χ4v) is 1.07. The van der Waals surface area contributed by atoms with Gasteiger partial charge in [-0.2, -0.15) is 13.2 Å². The Labute approximate surface area is 100 Å². The number of halogens is 3. The van der Waals surface area contributed by atoms with Gasteiger partial charge in [-0.3, -0.25) is 4.79 Å². The summed E-state index contributed by atoms with van der Waals surface area (Å²) in [5, 5.41) is 3.82. The predicted molar refractivity (Wildman–Crippen MR) is 58.0 cm³/mol. The molecule has 0 bridgehead atoms. The molecular formula is C10H10F3N3O2. The SMILES string of the molecule is NC(=O)c1ccc(NC(=O)NCC(F)(F)F)cc1. The molecule has 8 heteroatoms. The summed E-state index contributed by atoms with van der Waals surface area (Å²) in [7, 11) is 0. The summed E-state index contributed by atoms with van der Waals surface area (Å²) in [4.78, 5) is 21.8. The highest BCUT2D eigenvalue weighted by Gasteiger charge is 2.27. The molecule has 0 atom stereocenters. The number of primary amides is 1. The molecule has 1 aromatic rings. The third-order valence-corrected chi connectivity index (χ3v) is 1.88. The lowest BCUT2D eigenvalue weighted by molar-refractivity contribution is -0.122. The summed E-state index contributed by atoms with van der Waals surface area (Å²) < 4.78 is 35.4. The van der Waals surface area contributed by atoms with Gasteiger partial charge in [-0.25, -0.2) is 4.79 Å². The minimum absolute atomic E-state index is 0.233. The number of amides is 3. The maximum absolute atomic E-state index is 11.8. The van der Waals surface area contributed by atoms with E-state index in [1.165, 1.54) is 24.3 Å². The third-order valence-electron chi connectivity index (χ3n) is 1.88. The van der Waals surface area contributed by atoms with Gasteiger partial charge < -0.3 is 16.4 Å². The molecule has 0 fully saturated rings. The maximum Gasteiger partial charge on any atom is 0.405 e. The van der Waals surface area contributed by atoms with E-state index in [0.29, 0.717) is 0 Å². The van der Waals surface area contributed by atoms with Crippen LogP contribution in [0.15, 0.2) is 24.3 Å². The van der Waals surface area contributed by atoms with E-state index in [1.54, 1.807) is 5.32 Å². The molecule has 0 radical (unpaired) electrons. The lowest BCUT2D eigenvalue weighted by Gasteiger charge is -2.09. The first-order chi connectivity index (χ1) is 8.28. The molecular weight excluding hydrogens is 251 g/mol. The van der Waals surface area contributed by atoms with Crippen LogP contribution in [0.3, 0.4) is 0 Å². The normalized spacial score (nSPS) is 10.8. The smallest absolute Gasteiger partial charge is 0.366 e. The topological polar surface area (TPSA) is 84.2 Å². The van der Waals surface area contributed by atoms with Crippen LogP contribution in [-0.4, -0.2) is 24.7 Å². The molecule has 0 aromatic heterocycles. The Morgan fingerprint density at radius 2 is 1.72 bits per heavy atom. The largest absolute Gasteiger partial charge is 0.405 e. The quantitative estimate of drug-likeness (QED) is 0.769. The Balaban J connectivity index is 2.52. The van der Waals surface area contributed by atoms with Gasteiger partial charge in [0, 0.05) is 11.3 Å². The minimum Gasteiger partial charge on any atom is -0.366 e. The molecule has 1 aromatic carbocycles. The number of hydrogen-bond donors (Lipinski definition) is 3. The molecule has 0 spiro atoms. The second-order valence-corrected chi connectivity index (χ2v) is 3.36. The highest BCUT2D eigenvalue weighted by molar-refractivity contribution is 5.94. The highest BCUT2D eigenvalue weighted by Crippen LogP contribution is 2.13. The van der Waals surface area contributed by atoms with Gasteiger partial charge in [0.25, 0.3) is 0 Å². The van der Waals surface area contributed by atoms with Crippen molar-refractivity contribution < 1.29 is 22.8 Å². The zero-order chi connectivity index (χ0) is 13.8. The van der Waals surface area contributed by atoms with Crippen molar-refractivity contribution in [1.29, 1.82) is 0 Å². The Bertz CT molecular complexity index is 443. The fraction of sp³-hybridized carbons (Fsp3) is 0.200. The van der Waals surface area contributed by atoms with Gasteiger partial charge in [0.2, 0.25) is 5.91 Å². The zero-order valence-electron chi connectivity index (χ0n) is 9.04. The van der Waals surface area contributed by atoms with Crippen molar-refractivity contribution in [2.75, 3.05) is 11.9 Å². The molecule has 5 nitrogen and oxygen atoms in total. The van der Waals surface area contributed by atoms with Crippen LogP contribution >= 0.6 is 0 Å². The van der Waals surface area contributed by atoms with Crippen molar-refractivity contribution in [3.05, 3.63) is 29.8 Å². The molecule has 98 valence electrons. The van der Waals surface area contributed by atoms with Crippen LogP contribution in [-0.2, 0) is 0 Å². The van der Waals surface area contributed by atoms with Crippen molar-refractivity contribution in [3.63, 3.8) is 0 Å². The molecule has 0 aliphatic rings. The van der Waals surface area contributed by atoms with Gasteiger partial charge in [0.05, 0.1) is 0 Å². The Hall–Kier alpha value is -2.25. The van der Waals surface area contributed by atoms with Crippen LogP contribution in [0.1, 0.15) is 10.4 Å². The van der Waals surface area contributed by atoms with E-state index in [1.807, 2.05) is 0 Å². The van der Waals surface area contributed by atoms with E-state index in [2.05, 4.69) is 5.32 Å². The number of urea groups is 1. The Morgan fingerprint density at radius 3 is 2.17 bits per heavy atom. The van der Waals surface area contributed by atoms with Crippen LogP contribution < -0.4 is 16.4 Å². The standard InChI is InChI=1S/C10H10F3N3O2/c11-10(12,13)5-15-9(18)16-7-3-1-6(2-4-7)8(14)17/h1-4H,5H2,(H2,14,17)(H2,15,16,18). The summed E-state index contributed by atoms with van der Waals surface area (Å²) in [6.45, 7) is -1.42. The summed E-state index contributed by atoms with van der Waals surface area (Å²) in [6, 6.07) is 4.42.